The Balaban J connectivity index is 2.62. The first-order valence-electron chi connectivity index (χ1n) is 6.50. The fraction of sp³-hybridized carbons (Fsp3) is 0.154. The molecule has 26 heavy (non-hydrogen) atoms. The number of ether oxygens (including phenoxy) is 1. The van der Waals surface area contributed by atoms with Gasteiger partial charge in [-0.3, -0.25) is 9.25 Å². The van der Waals surface area contributed by atoms with Crippen LogP contribution in [0.3, 0.4) is 0 Å². The summed E-state index contributed by atoms with van der Waals surface area (Å²) in [5.41, 5.74) is -4.80. The number of aryl methyl sites for hydroxylation is 1. The first-order chi connectivity index (χ1) is 11.8. The van der Waals surface area contributed by atoms with Crippen molar-refractivity contribution in [2.24, 2.45) is 7.05 Å². The van der Waals surface area contributed by atoms with Gasteiger partial charge in [0.1, 0.15) is 16.3 Å². The van der Waals surface area contributed by atoms with Gasteiger partial charge in [0.25, 0.3) is 0 Å². The first kappa shape index (κ1) is 21.1. The zero-order chi connectivity index (χ0) is 19.9. The molecule has 1 aromatic heterocycles. The Kier molecular flexibility index (Phi) is 6.02. The van der Waals surface area contributed by atoms with E-state index in [1.165, 1.54) is 7.05 Å². The van der Waals surface area contributed by atoms with Crippen molar-refractivity contribution in [1.82, 2.24) is 9.78 Å². The van der Waals surface area contributed by atoms with Crippen LogP contribution in [0.15, 0.2) is 23.1 Å². The average Bonchev–Trinajstić information content (AvgIpc) is 2.78. The molecule has 2 rings (SSSR count). The van der Waals surface area contributed by atoms with Gasteiger partial charge in [-0.1, -0.05) is 23.2 Å². The second-order valence-corrected chi connectivity index (χ2v) is 8.02. The molecule has 0 aliphatic rings. The molecule has 142 valence electrons. The van der Waals surface area contributed by atoms with Crippen molar-refractivity contribution < 1.29 is 32.3 Å². The molecule has 13 heteroatoms. The van der Waals surface area contributed by atoms with Crippen molar-refractivity contribution in [2.75, 3.05) is 0 Å². The molecular weight excluding hydrogens is 442 g/mol. The Bertz CT molecular complexity index is 924. The number of rotatable bonds is 5. The Morgan fingerprint density at radius 3 is 2.58 bits per heavy atom. The monoisotopic (exact) mass is 450 g/mol. The van der Waals surface area contributed by atoms with Crippen LogP contribution in [0.5, 0.6) is 5.75 Å². The predicted octanol–water partition coefficient (Wildman–Crippen LogP) is 4.76. The van der Waals surface area contributed by atoms with Gasteiger partial charge in [0.15, 0.2) is 5.75 Å². The summed E-state index contributed by atoms with van der Waals surface area (Å²) in [5, 5.41) is 3.61. The van der Waals surface area contributed by atoms with E-state index in [1.807, 2.05) is 0 Å². The summed E-state index contributed by atoms with van der Waals surface area (Å²) >= 11 is 16.1. The minimum Gasteiger partial charge on any atom is -0.416 e. The number of nitrogens with zero attached hydrogens (tertiary/aromatic N) is 2. The molecule has 0 bridgehead atoms. The molecule has 6 nitrogen and oxygen atoms in total. The average molecular weight is 452 g/mol. The maximum Gasteiger partial charge on any atom is 0.487 e. The minimum atomic E-state index is -4.76. The van der Waals surface area contributed by atoms with E-state index >= 15 is 0 Å². The zero-order valence-electron chi connectivity index (χ0n) is 12.6. The van der Waals surface area contributed by atoms with Gasteiger partial charge < -0.3 is 14.5 Å². The molecule has 0 amide bonds. The second-order valence-electron chi connectivity index (χ2n) is 4.93. The molecular formula is C13H9Cl3F3N2O4P. The van der Waals surface area contributed by atoms with E-state index in [2.05, 4.69) is 9.84 Å². The van der Waals surface area contributed by atoms with Crippen molar-refractivity contribution in [3.63, 3.8) is 0 Å². The van der Waals surface area contributed by atoms with Crippen molar-refractivity contribution in [2.45, 2.75) is 5.57 Å². The minimum absolute atomic E-state index is 0.0781. The topological polar surface area (TPSA) is 84.6 Å². The molecule has 0 aliphatic heterocycles. The van der Waals surface area contributed by atoms with Gasteiger partial charge in [-0.2, -0.15) is 5.10 Å². The van der Waals surface area contributed by atoms with E-state index < -0.39 is 29.5 Å². The van der Waals surface area contributed by atoms with Gasteiger partial charge in [0.2, 0.25) is 0 Å². The Morgan fingerprint density at radius 1 is 1.42 bits per heavy atom. The Hall–Kier alpha value is -1.22. The van der Waals surface area contributed by atoms with Gasteiger partial charge in [-0.05, 0) is 23.8 Å². The van der Waals surface area contributed by atoms with E-state index in [0.717, 1.165) is 29.1 Å². The van der Waals surface area contributed by atoms with Crippen LogP contribution in [-0.4, -0.2) is 25.1 Å². The summed E-state index contributed by atoms with van der Waals surface area (Å²) in [7, 11) is -3.38. The maximum absolute atomic E-state index is 14.3. The third kappa shape index (κ3) is 5.16. The summed E-state index contributed by atoms with van der Waals surface area (Å²) in [6.45, 7) is 0. The number of hydrogen-bond acceptors (Lipinski definition) is 3. The number of benzene rings is 1. The van der Waals surface area contributed by atoms with Crippen molar-refractivity contribution >= 4 is 48.5 Å². The van der Waals surface area contributed by atoms with Crippen LogP contribution < -0.4 is 4.74 Å². The lowest BCUT2D eigenvalue weighted by molar-refractivity contribution is -0.0961. The first-order valence-corrected chi connectivity index (χ1v) is 9.24. The summed E-state index contributed by atoms with van der Waals surface area (Å²) in [6, 6.07) is 1.83. The van der Waals surface area contributed by atoms with Crippen molar-refractivity contribution in [1.29, 1.82) is 0 Å². The van der Waals surface area contributed by atoms with E-state index in [-0.39, 0.29) is 21.8 Å². The number of aromatic nitrogens is 2. The molecule has 0 spiro atoms. The Labute approximate surface area is 159 Å². The molecule has 2 N–H and O–H groups in total. The van der Waals surface area contributed by atoms with Gasteiger partial charge >= 0.3 is 13.2 Å². The van der Waals surface area contributed by atoms with Crippen LogP contribution in [0.4, 0.5) is 13.2 Å². The molecule has 0 saturated heterocycles. The van der Waals surface area contributed by atoms with E-state index in [1.54, 1.807) is 0 Å². The van der Waals surface area contributed by atoms with Crippen LogP contribution >= 0.6 is 42.4 Å². The van der Waals surface area contributed by atoms with Crippen LogP contribution in [0, 0.1) is 5.82 Å². The third-order valence-corrected chi connectivity index (χ3v) is 4.78. The smallest absolute Gasteiger partial charge is 0.416 e. The van der Waals surface area contributed by atoms with Gasteiger partial charge in [0, 0.05) is 24.2 Å². The highest BCUT2D eigenvalue weighted by atomic mass is 35.5. The van der Waals surface area contributed by atoms with Gasteiger partial charge in [0.05, 0.1) is 11.2 Å². The summed E-state index contributed by atoms with van der Waals surface area (Å²) in [4.78, 5) is 18.0. The highest BCUT2D eigenvalue weighted by molar-refractivity contribution is 7.59. The number of alkyl halides is 3. The van der Waals surface area contributed by atoms with Crippen LogP contribution in [0.1, 0.15) is 5.56 Å². The molecule has 0 fully saturated rings. The van der Waals surface area contributed by atoms with Crippen LogP contribution in [0.2, 0.25) is 5.02 Å². The molecule has 1 heterocycles. The molecule has 2 aromatic rings. The van der Waals surface area contributed by atoms with Crippen molar-refractivity contribution in [3.8, 4) is 17.0 Å². The van der Waals surface area contributed by atoms with Crippen LogP contribution in [0.25, 0.3) is 17.3 Å². The van der Waals surface area contributed by atoms with E-state index in [9.17, 15) is 17.7 Å². The van der Waals surface area contributed by atoms with E-state index in [4.69, 9.17) is 44.6 Å². The summed E-state index contributed by atoms with van der Waals surface area (Å²) in [6.07, 6.45) is 1.87. The summed E-state index contributed by atoms with van der Waals surface area (Å²) in [5.74, 6) is -1.47. The third-order valence-electron chi connectivity index (χ3n) is 2.92. The van der Waals surface area contributed by atoms with Crippen LogP contribution in [-0.2, 0) is 11.6 Å². The molecule has 0 radical (unpaired) electrons. The van der Waals surface area contributed by atoms with Gasteiger partial charge in [-0.25, -0.2) is 4.39 Å². The number of halogens is 6. The zero-order valence-corrected chi connectivity index (χ0v) is 15.8. The van der Waals surface area contributed by atoms with Gasteiger partial charge in [-0.15, -0.1) is 8.78 Å². The lowest BCUT2D eigenvalue weighted by atomic mass is 10.1. The standard InChI is InChI=1S/C13H9Cl3F3N2O4P/c1-21-5-10(25-13(16,18)19)12(20-21)7-2-6(8(14)4-9(7)17)3-11(15)26(22,23)24/h2-5H,1H3,(H2,22,23,24). The molecule has 0 atom stereocenters. The van der Waals surface area contributed by atoms with Crippen molar-refractivity contribution in [3.05, 3.63) is 39.5 Å². The predicted molar refractivity (Wildman–Crippen MR) is 90.9 cm³/mol. The second kappa shape index (κ2) is 7.42. The fourth-order valence-electron chi connectivity index (χ4n) is 1.92. The quantitative estimate of drug-likeness (QED) is 0.506. The lowest BCUT2D eigenvalue weighted by Gasteiger charge is -2.11. The van der Waals surface area contributed by atoms with E-state index in [0.29, 0.717) is 0 Å². The maximum atomic E-state index is 14.3. The normalized spacial score (nSPS) is 13.2. The Morgan fingerprint density at radius 2 is 2.04 bits per heavy atom. The highest BCUT2D eigenvalue weighted by Gasteiger charge is 2.31. The number of hydrogen-bond donors (Lipinski definition) is 2. The largest absolute Gasteiger partial charge is 0.487 e. The fourth-order valence-corrected chi connectivity index (χ4v) is 2.64. The molecule has 0 aliphatic carbocycles. The highest BCUT2D eigenvalue weighted by Crippen LogP contribution is 2.49. The molecule has 0 saturated carbocycles. The molecule has 1 aromatic carbocycles. The lowest BCUT2D eigenvalue weighted by Crippen LogP contribution is -2.15. The molecule has 0 unspecified atom stereocenters. The summed E-state index contributed by atoms with van der Waals surface area (Å²) < 4.78 is 55.8. The SMILES string of the molecule is Cn1cc(OC(F)(F)Cl)c(-c2cc(C=C(Cl)P(=O)(O)O)c(Cl)cc2F)n1.